The molecule has 298 valence electrons. The number of carboxylic acid groups (broad SMARTS) is 1. The zero-order valence-electron chi connectivity index (χ0n) is 33.5. The van der Waals surface area contributed by atoms with Crippen molar-refractivity contribution < 1.29 is 24.2 Å². The van der Waals surface area contributed by atoms with Crippen LogP contribution in [0, 0.1) is 0 Å². The van der Waals surface area contributed by atoms with Gasteiger partial charge in [-0.3, -0.25) is 9.59 Å². The lowest BCUT2D eigenvalue weighted by Gasteiger charge is -2.18. The van der Waals surface area contributed by atoms with Gasteiger partial charge in [0.05, 0.1) is 0 Å². The standard InChI is InChI=1S/C44H82N2O5/c1-3-5-7-9-11-12-13-14-15-16-17-18-19-20-21-23-28-32-38-43(48)51-40(34-29-25-22-10-8-6-4-2)35-30-26-24-27-31-37-42(47)46-41(44(49)50)36-33-39-45/h12-13,15-16,40-41H,3-11,14,17-39,45H2,1-2H3,(H,46,47)(H,49,50)/b13-12-,16-15-. The number of amides is 1. The topological polar surface area (TPSA) is 119 Å². The van der Waals surface area contributed by atoms with E-state index in [0.717, 1.165) is 70.6 Å². The number of carboxylic acids is 1. The van der Waals surface area contributed by atoms with Crippen molar-refractivity contribution in [2.24, 2.45) is 5.73 Å². The molecule has 0 heterocycles. The Kier molecular flexibility index (Phi) is 37.4. The van der Waals surface area contributed by atoms with Gasteiger partial charge in [-0.05, 0) is 90.0 Å². The van der Waals surface area contributed by atoms with Crippen molar-refractivity contribution in [1.29, 1.82) is 0 Å². The first-order valence-corrected chi connectivity index (χ1v) is 21.7. The van der Waals surface area contributed by atoms with Crippen molar-refractivity contribution in [3.05, 3.63) is 24.3 Å². The molecule has 0 saturated carbocycles. The predicted molar refractivity (Wildman–Crippen MR) is 216 cm³/mol. The van der Waals surface area contributed by atoms with Crippen LogP contribution in [0.4, 0.5) is 0 Å². The van der Waals surface area contributed by atoms with Crippen molar-refractivity contribution in [1.82, 2.24) is 5.32 Å². The third kappa shape index (κ3) is 36.0. The maximum atomic E-state index is 12.7. The quantitative estimate of drug-likeness (QED) is 0.0331. The Morgan fingerprint density at radius 1 is 0.569 bits per heavy atom. The maximum absolute atomic E-state index is 12.7. The highest BCUT2D eigenvalue weighted by Gasteiger charge is 2.19. The summed E-state index contributed by atoms with van der Waals surface area (Å²) in [4.78, 5) is 36.3. The Morgan fingerprint density at radius 2 is 1.02 bits per heavy atom. The molecule has 0 saturated heterocycles. The van der Waals surface area contributed by atoms with Crippen molar-refractivity contribution in [2.45, 2.75) is 231 Å². The molecule has 4 N–H and O–H groups in total. The number of nitrogens with one attached hydrogen (secondary N) is 1. The summed E-state index contributed by atoms with van der Waals surface area (Å²) in [5.41, 5.74) is 5.48. The van der Waals surface area contributed by atoms with Crippen LogP contribution in [0.3, 0.4) is 0 Å². The molecule has 51 heavy (non-hydrogen) atoms. The van der Waals surface area contributed by atoms with E-state index >= 15 is 0 Å². The number of esters is 1. The second-order valence-electron chi connectivity index (χ2n) is 14.8. The number of carbonyl (C=O) groups excluding carboxylic acids is 2. The van der Waals surface area contributed by atoms with E-state index in [4.69, 9.17) is 10.5 Å². The molecule has 1 amide bonds. The first-order valence-electron chi connectivity index (χ1n) is 21.7. The summed E-state index contributed by atoms with van der Waals surface area (Å²) >= 11 is 0. The fraction of sp³-hybridized carbons (Fsp3) is 0.841. The minimum Gasteiger partial charge on any atom is -0.480 e. The minimum absolute atomic E-state index is 0.0148. The van der Waals surface area contributed by atoms with Gasteiger partial charge in [0.15, 0.2) is 0 Å². The Balaban J connectivity index is 4.14. The molecule has 0 rings (SSSR count). The molecular weight excluding hydrogens is 636 g/mol. The Bertz CT molecular complexity index is 858. The third-order valence-electron chi connectivity index (χ3n) is 9.77. The first kappa shape index (κ1) is 48.9. The zero-order valence-corrected chi connectivity index (χ0v) is 33.5. The fourth-order valence-electron chi connectivity index (χ4n) is 6.48. The summed E-state index contributed by atoms with van der Waals surface area (Å²) in [5, 5.41) is 11.9. The molecule has 2 unspecified atom stereocenters. The molecule has 7 heteroatoms. The Labute approximate surface area is 314 Å². The number of ether oxygens (including phenoxy) is 1. The van der Waals surface area contributed by atoms with Gasteiger partial charge in [0.2, 0.25) is 5.91 Å². The number of nitrogens with two attached hydrogens (primary N) is 1. The number of unbranched alkanes of at least 4 members (excludes halogenated alkanes) is 21. The van der Waals surface area contributed by atoms with Gasteiger partial charge in [-0.2, -0.15) is 0 Å². The van der Waals surface area contributed by atoms with Crippen LogP contribution in [-0.4, -0.2) is 41.6 Å². The van der Waals surface area contributed by atoms with Crippen LogP contribution in [-0.2, 0) is 19.1 Å². The maximum Gasteiger partial charge on any atom is 0.326 e. The smallest absolute Gasteiger partial charge is 0.326 e. The Hall–Kier alpha value is -2.15. The van der Waals surface area contributed by atoms with E-state index in [1.807, 2.05) is 0 Å². The number of rotatable bonds is 39. The molecule has 0 aromatic heterocycles. The second-order valence-corrected chi connectivity index (χ2v) is 14.8. The van der Waals surface area contributed by atoms with Crippen LogP contribution in [0.5, 0.6) is 0 Å². The SMILES string of the molecule is CCCCCC/C=C\C/C=C\CCCCCCCCCC(=O)OC(CCCCCCCCC)CCCCCCCC(=O)NC(CCCN)C(=O)O. The van der Waals surface area contributed by atoms with Crippen molar-refractivity contribution in [3.8, 4) is 0 Å². The Morgan fingerprint density at radius 3 is 1.53 bits per heavy atom. The van der Waals surface area contributed by atoms with Crippen LogP contribution in [0.25, 0.3) is 0 Å². The fourth-order valence-corrected chi connectivity index (χ4v) is 6.48. The van der Waals surface area contributed by atoms with E-state index < -0.39 is 12.0 Å². The van der Waals surface area contributed by atoms with Gasteiger partial charge in [0.1, 0.15) is 12.1 Å². The summed E-state index contributed by atoms with van der Waals surface area (Å²) in [5.74, 6) is -1.24. The monoisotopic (exact) mass is 719 g/mol. The number of aliphatic carboxylic acids is 1. The van der Waals surface area contributed by atoms with Crippen LogP contribution in [0.15, 0.2) is 24.3 Å². The van der Waals surface area contributed by atoms with Gasteiger partial charge in [0, 0.05) is 12.8 Å². The third-order valence-corrected chi connectivity index (χ3v) is 9.77. The van der Waals surface area contributed by atoms with Crippen molar-refractivity contribution >= 4 is 17.8 Å². The molecule has 2 atom stereocenters. The normalized spacial score (nSPS) is 12.8. The molecular formula is C44H82N2O5. The van der Waals surface area contributed by atoms with E-state index in [1.54, 1.807) is 0 Å². The predicted octanol–water partition coefficient (Wildman–Crippen LogP) is 12.1. The molecule has 0 aliphatic heterocycles. The van der Waals surface area contributed by atoms with E-state index in [1.165, 1.54) is 109 Å². The van der Waals surface area contributed by atoms with Gasteiger partial charge in [-0.15, -0.1) is 0 Å². The van der Waals surface area contributed by atoms with Crippen molar-refractivity contribution in [3.63, 3.8) is 0 Å². The van der Waals surface area contributed by atoms with Gasteiger partial charge < -0.3 is 20.9 Å². The summed E-state index contributed by atoms with van der Waals surface area (Å²) in [6, 6.07) is -0.854. The highest BCUT2D eigenvalue weighted by atomic mass is 16.5. The molecule has 0 aromatic rings. The molecule has 0 radical (unpaired) electrons. The number of hydrogen-bond donors (Lipinski definition) is 3. The largest absolute Gasteiger partial charge is 0.480 e. The summed E-state index contributed by atoms with van der Waals surface area (Å²) in [6.07, 6.45) is 43.7. The molecule has 0 bridgehead atoms. The van der Waals surface area contributed by atoms with Crippen molar-refractivity contribution in [2.75, 3.05) is 6.54 Å². The van der Waals surface area contributed by atoms with Gasteiger partial charge >= 0.3 is 11.9 Å². The lowest BCUT2D eigenvalue weighted by Crippen LogP contribution is -2.40. The molecule has 0 aromatic carbocycles. The van der Waals surface area contributed by atoms with Crippen LogP contribution >= 0.6 is 0 Å². The summed E-state index contributed by atoms with van der Waals surface area (Å²) in [6.45, 7) is 4.92. The molecule has 0 spiro atoms. The molecule has 0 fully saturated rings. The van der Waals surface area contributed by atoms with Crippen LogP contribution in [0.1, 0.15) is 219 Å². The lowest BCUT2D eigenvalue weighted by molar-refractivity contribution is -0.150. The molecule has 7 nitrogen and oxygen atoms in total. The summed E-state index contributed by atoms with van der Waals surface area (Å²) < 4.78 is 6.01. The van der Waals surface area contributed by atoms with E-state index in [2.05, 4.69) is 43.5 Å². The molecule has 0 aliphatic rings. The summed E-state index contributed by atoms with van der Waals surface area (Å²) in [7, 11) is 0. The van der Waals surface area contributed by atoms with Gasteiger partial charge in [0.25, 0.3) is 0 Å². The highest BCUT2D eigenvalue weighted by Crippen LogP contribution is 2.19. The first-order chi connectivity index (χ1) is 24.9. The van der Waals surface area contributed by atoms with E-state index in [9.17, 15) is 19.5 Å². The van der Waals surface area contributed by atoms with Gasteiger partial charge in [-0.25, -0.2) is 4.79 Å². The van der Waals surface area contributed by atoms with E-state index in [0.29, 0.717) is 32.2 Å². The minimum atomic E-state index is -1.00. The molecule has 0 aliphatic carbocycles. The average Bonchev–Trinajstić information content (AvgIpc) is 3.11. The van der Waals surface area contributed by atoms with Crippen LogP contribution in [0.2, 0.25) is 0 Å². The second kappa shape index (κ2) is 39.1. The number of hydrogen-bond acceptors (Lipinski definition) is 5. The number of allylic oxidation sites excluding steroid dienone is 4. The van der Waals surface area contributed by atoms with E-state index in [-0.39, 0.29) is 18.0 Å². The zero-order chi connectivity index (χ0) is 37.5. The highest BCUT2D eigenvalue weighted by molar-refractivity contribution is 5.83. The lowest BCUT2D eigenvalue weighted by atomic mass is 10.0. The number of carbonyl (C=O) groups is 3. The van der Waals surface area contributed by atoms with Gasteiger partial charge in [-0.1, -0.05) is 147 Å². The van der Waals surface area contributed by atoms with Crippen LogP contribution < -0.4 is 11.1 Å². The average molecular weight is 719 g/mol.